The van der Waals surface area contributed by atoms with Gasteiger partial charge in [0.1, 0.15) is 17.3 Å². The summed E-state index contributed by atoms with van der Waals surface area (Å²) in [6.07, 6.45) is 2.52. The molecule has 0 bridgehead atoms. The van der Waals surface area contributed by atoms with Crippen molar-refractivity contribution in [2.45, 2.75) is 19.0 Å². The average molecular weight is 473 g/mol. The number of hydrogen-bond acceptors (Lipinski definition) is 3. The Morgan fingerprint density at radius 1 is 1.23 bits per heavy atom. The maximum absolute atomic E-state index is 13.9. The van der Waals surface area contributed by atoms with Gasteiger partial charge in [0.05, 0.1) is 12.2 Å². The summed E-state index contributed by atoms with van der Waals surface area (Å²) in [7, 11) is 1.69. The third-order valence-corrected chi connectivity index (χ3v) is 4.17. The molecule has 1 aromatic heterocycles. The van der Waals surface area contributed by atoms with Crippen molar-refractivity contribution in [1.82, 2.24) is 15.6 Å². The normalized spacial score (nSPS) is 17.0. The summed E-state index contributed by atoms with van der Waals surface area (Å²) in [5.74, 6) is -0.414. The van der Waals surface area contributed by atoms with Crippen LogP contribution in [0.15, 0.2) is 47.6 Å². The van der Waals surface area contributed by atoms with E-state index in [4.69, 9.17) is 0 Å². The van der Waals surface area contributed by atoms with Crippen molar-refractivity contribution in [1.29, 1.82) is 0 Å². The van der Waals surface area contributed by atoms with E-state index in [9.17, 15) is 8.78 Å². The van der Waals surface area contributed by atoms with Gasteiger partial charge in [0.2, 0.25) is 0 Å². The Morgan fingerprint density at radius 3 is 2.65 bits per heavy atom. The van der Waals surface area contributed by atoms with E-state index in [0.717, 1.165) is 12.1 Å². The van der Waals surface area contributed by atoms with Gasteiger partial charge in [-0.2, -0.15) is 0 Å². The highest BCUT2D eigenvalue weighted by molar-refractivity contribution is 14.0. The predicted octanol–water partition coefficient (Wildman–Crippen LogP) is 2.92. The highest BCUT2D eigenvalue weighted by Crippen LogP contribution is 2.26. The first-order chi connectivity index (χ1) is 12.2. The van der Waals surface area contributed by atoms with Crippen LogP contribution in [0.5, 0.6) is 0 Å². The van der Waals surface area contributed by atoms with Crippen LogP contribution < -0.4 is 15.5 Å². The number of nitrogens with zero attached hydrogens (tertiary/aromatic N) is 3. The van der Waals surface area contributed by atoms with Gasteiger partial charge in [0.15, 0.2) is 5.96 Å². The van der Waals surface area contributed by atoms with Crippen molar-refractivity contribution in [3.05, 3.63) is 59.9 Å². The molecule has 2 N–H and O–H groups in total. The van der Waals surface area contributed by atoms with E-state index >= 15 is 0 Å². The molecule has 0 saturated carbocycles. The molecule has 1 aliphatic rings. The summed E-state index contributed by atoms with van der Waals surface area (Å²) >= 11 is 0. The molecule has 140 valence electrons. The molecule has 1 atom stereocenters. The van der Waals surface area contributed by atoms with E-state index in [1.165, 1.54) is 18.2 Å². The van der Waals surface area contributed by atoms with Crippen molar-refractivity contribution < 1.29 is 8.78 Å². The van der Waals surface area contributed by atoms with Gasteiger partial charge >= 0.3 is 0 Å². The second-order valence-electron chi connectivity index (χ2n) is 5.89. The van der Waals surface area contributed by atoms with E-state index in [1.54, 1.807) is 18.1 Å². The molecule has 3 rings (SSSR count). The number of rotatable bonds is 4. The predicted molar refractivity (Wildman–Crippen MR) is 110 cm³/mol. The van der Waals surface area contributed by atoms with Crippen LogP contribution in [0, 0.1) is 11.6 Å². The fraction of sp³-hybridized carbons (Fsp3) is 0.333. The Kier molecular flexibility index (Phi) is 7.55. The Balaban J connectivity index is 0.00000243. The van der Waals surface area contributed by atoms with Crippen LogP contribution in [0.1, 0.15) is 12.1 Å². The molecule has 1 unspecified atom stereocenters. The smallest absolute Gasteiger partial charge is 0.191 e. The quantitative estimate of drug-likeness (QED) is 0.408. The lowest BCUT2D eigenvalue weighted by Crippen LogP contribution is -2.44. The first-order valence-corrected chi connectivity index (χ1v) is 8.23. The second kappa shape index (κ2) is 9.65. The standard InChI is InChI=1S/C18H21F2N5.HI/c1-21-18(23-11-13-5-2-3-9-22-13)24-14-8-10-25(12-14)17-15(19)6-4-7-16(17)20;/h2-7,9,14H,8,10-12H2,1H3,(H2,21,23,24);1H. The van der Waals surface area contributed by atoms with Crippen LogP contribution in [-0.4, -0.2) is 37.1 Å². The number of pyridine rings is 1. The maximum atomic E-state index is 13.9. The van der Waals surface area contributed by atoms with Gasteiger partial charge in [-0.1, -0.05) is 12.1 Å². The Labute approximate surface area is 168 Å². The molecular formula is C18H22F2IN5. The van der Waals surface area contributed by atoms with Crippen LogP contribution in [0.2, 0.25) is 0 Å². The molecular weight excluding hydrogens is 451 g/mol. The first-order valence-electron chi connectivity index (χ1n) is 8.23. The fourth-order valence-electron chi connectivity index (χ4n) is 2.94. The van der Waals surface area contributed by atoms with Crippen LogP contribution in [0.3, 0.4) is 0 Å². The molecule has 5 nitrogen and oxygen atoms in total. The molecule has 0 amide bonds. The summed E-state index contributed by atoms with van der Waals surface area (Å²) in [6, 6.07) is 9.73. The lowest BCUT2D eigenvalue weighted by Gasteiger charge is -2.21. The lowest BCUT2D eigenvalue weighted by molar-refractivity contribution is 0.576. The number of guanidine groups is 1. The zero-order valence-electron chi connectivity index (χ0n) is 14.5. The highest BCUT2D eigenvalue weighted by atomic mass is 127. The van der Waals surface area contributed by atoms with E-state index in [2.05, 4.69) is 20.6 Å². The van der Waals surface area contributed by atoms with Crippen molar-refractivity contribution in [2.75, 3.05) is 25.0 Å². The topological polar surface area (TPSA) is 52.6 Å². The molecule has 26 heavy (non-hydrogen) atoms. The Bertz CT molecular complexity index is 721. The molecule has 1 fully saturated rings. The van der Waals surface area contributed by atoms with Gasteiger partial charge in [-0.05, 0) is 30.7 Å². The minimum Gasteiger partial charge on any atom is -0.365 e. The summed E-state index contributed by atoms with van der Waals surface area (Å²) in [5, 5.41) is 6.50. The SMILES string of the molecule is CN=C(NCc1ccccn1)NC1CCN(c2c(F)cccc2F)C1.I. The first kappa shape index (κ1) is 20.3. The zero-order chi connectivity index (χ0) is 17.6. The minimum atomic E-state index is -0.529. The second-order valence-corrected chi connectivity index (χ2v) is 5.89. The van der Waals surface area contributed by atoms with Crippen LogP contribution in [-0.2, 0) is 6.54 Å². The summed E-state index contributed by atoms with van der Waals surface area (Å²) in [5.41, 5.74) is 0.954. The number of halogens is 3. The minimum absolute atomic E-state index is 0. The highest BCUT2D eigenvalue weighted by Gasteiger charge is 2.27. The number of hydrogen-bond donors (Lipinski definition) is 2. The van der Waals surface area contributed by atoms with E-state index in [1.807, 2.05) is 18.2 Å². The number of para-hydroxylation sites is 1. The van der Waals surface area contributed by atoms with E-state index in [0.29, 0.717) is 25.6 Å². The molecule has 1 aliphatic heterocycles. The van der Waals surface area contributed by atoms with Crippen molar-refractivity contribution >= 4 is 35.6 Å². The number of aliphatic imine (C=N–C) groups is 1. The molecule has 0 aliphatic carbocycles. The number of anilines is 1. The molecule has 1 saturated heterocycles. The number of nitrogens with one attached hydrogen (secondary N) is 2. The van der Waals surface area contributed by atoms with Gasteiger partial charge in [0.25, 0.3) is 0 Å². The fourth-order valence-corrected chi connectivity index (χ4v) is 2.94. The monoisotopic (exact) mass is 473 g/mol. The molecule has 2 heterocycles. The van der Waals surface area contributed by atoms with Gasteiger partial charge in [-0.15, -0.1) is 24.0 Å². The number of aromatic nitrogens is 1. The average Bonchev–Trinajstić information content (AvgIpc) is 3.07. The van der Waals surface area contributed by atoms with Gasteiger partial charge in [-0.3, -0.25) is 9.98 Å². The maximum Gasteiger partial charge on any atom is 0.191 e. The van der Waals surface area contributed by atoms with Crippen molar-refractivity contribution in [3.63, 3.8) is 0 Å². The summed E-state index contributed by atoms with van der Waals surface area (Å²) < 4.78 is 27.8. The van der Waals surface area contributed by atoms with Gasteiger partial charge in [-0.25, -0.2) is 8.78 Å². The molecule has 2 aromatic rings. The summed E-state index contributed by atoms with van der Waals surface area (Å²) in [6.45, 7) is 1.66. The Hall–Kier alpha value is -1.97. The Morgan fingerprint density at radius 2 is 2.00 bits per heavy atom. The molecule has 0 spiro atoms. The number of benzene rings is 1. The van der Waals surface area contributed by atoms with E-state index < -0.39 is 11.6 Å². The van der Waals surface area contributed by atoms with Crippen LogP contribution in [0.25, 0.3) is 0 Å². The third kappa shape index (κ3) is 5.03. The van der Waals surface area contributed by atoms with E-state index in [-0.39, 0.29) is 35.7 Å². The molecule has 8 heteroatoms. The summed E-state index contributed by atoms with van der Waals surface area (Å²) in [4.78, 5) is 10.2. The van der Waals surface area contributed by atoms with Gasteiger partial charge in [0, 0.05) is 32.4 Å². The zero-order valence-corrected chi connectivity index (χ0v) is 16.8. The lowest BCUT2D eigenvalue weighted by atomic mass is 10.2. The van der Waals surface area contributed by atoms with Crippen LogP contribution >= 0.6 is 24.0 Å². The third-order valence-electron chi connectivity index (χ3n) is 4.17. The molecule has 0 radical (unpaired) electrons. The van der Waals surface area contributed by atoms with Gasteiger partial charge < -0.3 is 15.5 Å². The molecule has 1 aromatic carbocycles. The van der Waals surface area contributed by atoms with Crippen LogP contribution in [0.4, 0.5) is 14.5 Å². The van der Waals surface area contributed by atoms with Crippen molar-refractivity contribution in [3.8, 4) is 0 Å². The largest absolute Gasteiger partial charge is 0.365 e. The van der Waals surface area contributed by atoms with Crippen molar-refractivity contribution in [2.24, 2.45) is 4.99 Å².